The van der Waals surface area contributed by atoms with E-state index in [9.17, 15) is 9.59 Å². The molecule has 0 amide bonds. The van der Waals surface area contributed by atoms with Gasteiger partial charge in [-0.05, 0) is 30.4 Å². The maximum Gasteiger partial charge on any atom is 0.326 e. The third-order valence-electron chi connectivity index (χ3n) is 6.08. The zero-order chi connectivity index (χ0) is 24.2. The molecule has 0 saturated carbocycles. The molecule has 0 unspecified atom stereocenters. The van der Waals surface area contributed by atoms with Crippen LogP contribution < -0.4 is 5.48 Å². The first kappa shape index (κ1) is 29.0. The summed E-state index contributed by atoms with van der Waals surface area (Å²) in [5.41, 5.74) is 4.90. The number of rotatable bonds is 13. The number of benzene rings is 2. The monoisotopic (exact) mass is 500 g/mol. The molecule has 2 aromatic carbocycles. The SMILES string of the molecule is C.CCCC(=O)[C@H](CS)NOC(=O)CCN1CCC(OC(c2ccccc2)c2ccccc2)CC1. The summed E-state index contributed by atoms with van der Waals surface area (Å²) < 4.78 is 6.59. The van der Waals surface area contributed by atoms with E-state index in [1.165, 1.54) is 0 Å². The fraction of sp³-hybridized carbons (Fsp3) is 0.500. The molecule has 1 fully saturated rings. The first-order valence-corrected chi connectivity index (χ1v) is 12.8. The second-order valence-corrected chi connectivity index (χ2v) is 9.04. The Bertz CT molecular complexity index is 834. The smallest absolute Gasteiger partial charge is 0.326 e. The summed E-state index contributed by atoms with van der Waals surface area (Å²) in [6, 6.07) is 20.1. The van der Waals surface area contributed by atoms with Crippen molar-refractivity contribution in [3.8, 4) is 0 Å². The lowest BCUT2D eigenvalue weighted by atomic mass is 10.00. The molecule has 1 aliphatic heterocycles. The molecule has 1 heterocycles. The Labute approximate surface area is 215 Å². The minimum absolute atomic E-state index is 0. The molecule has 2 aromatic rings. The van der Waals surface area contributed by atoms with Gasteiger partial charge in [-0.3, -0.25) is 9.59 Å². The molecule has 0 radical (unpaired) electrons. The van der Waals surface area contributed by atoms with Gasteiger partial charge in [0.05, 0.1) is 12.5 Å². The van der Waals surface area contributed by atoms with Gasteiger partial charge in [-0.15, -0.1) is 5.48 Å². The Kier molecular flexibility index (Phi) is 13.1. The van der Waals surface area contributed by atoms with E-state index in [0.717, 1.165) is 43.5 Å². The molecule has 1 saturated heterocycles. The number of nitrogens with one attached hydrogen (secondary N) is 1. The van der Waals surface area contributed by atoms with Gasteiger partial charge in [0.2, 0.25) is 0 Å². The predicted octanol–water partition coefficient (Wildman–Crippen LogP) is 5.00. The number of carbonyl (C=O) groups is 2. The zero-order valence-electron chi connectivity index (χ0n) is 19.9. The highest BCUT2D eigenvalue weighted by molar-refractivity contribution is 7.80. The van der Waals surface area contributed by atoms with Crippen molar-refractivity contribution in [3.05, 3.63) is 71.8 Å². The van der Waals surface area contributed by atoms with Gasteiger partial charge >= 0.3 is 5.97 Å². The number of thiol groups is 1. The fourth-order valence-corrected chi connectivity index (χ4v) is 4.41. The fourth-order valence-electron chi connectivity index (χ4n) is 4.13. The molecule has 0 bridgehead atoms. The molecular weight excluding hydrogens is 460 g/mol. The number of hydrogen-bond acceptors (Lipinski definition) is 7. The first-order chi connectivity index (χ1) is 16.6. The van der Waals surface area contributed by atoms with E-state index in [1.54, 1.807) is 0 Å². The Morgan fingerprint density at radius 3 is 2.09 bits per heavy atom. The highest BCUT2D eigenvalue weighted by Crippen LogP contribution is 2.30. The van der Waals surface area contributed by atoms with E-state index in [1.807, 2.05) is 43.3 Å². The molecule has 0 spiro atoms. The van der Waals surface area contributed by atoms with Gasteiger partial charge in [-0.25, -0.2) is 0 Å². The highest BCUT2D eigenvalue weighted by atomic mass is 32.1. The first-order valence-electron chi connectivity index (χ1n) is 12.2. The molecule has 3 rings (SSSR count). The van der Waals surface area contributed by atoms with Crippen LogP contribution in [0, 0.1) is 0 Å². The number of carbonyl (C=O) groups excluding carboxylic acids is 2. The average Bonchev–Trinajstić information content (AvgIpc) is 2.88. The van der Waals surface area contributed by atoms with Crippen molar-refractivity contribution in [1.82, 2.24) is 10.4 Å². The van der Waals surface area contributed by atoms with E-state index in [2.05, 4.69) is 47.3 Å². The number of Topliss-reactive ketones (excluding diaryl/α,β-unsaturated/α-hetero) is 1. The number of ether oxygens (including phenoxy) is 1. The summed E-state index contributed by atoms with van der Waals surface area (Å²) in [6.45, 7) is 4.31. The van der Waals surface area contributed by atoms with E-state index in [0.29, 0.717) is 18.7 Å². The van der Waals surface area contributed by atoms with Crippen molar-refractivity contribution in [2.45, 2.75) is 64.7 Å². The molecule has 1 atom stereocenters. The molecule has 1 N–H and O–H groups in total. The van der Waals surface area contributed by atoms with Crippen molar-refractivity contribution in [3.63, 3.8) is 0 Å². The van der Waals surface area contributed by atoms with Gasteiger partial charge < -0.3 is 14.5 Å². The van der Waals surface area contributed by atoms with Crippen molar-refractivity contribution in [2.24, 2.45) is 0 Å². The quantitative estimate of drug-likeness (QED) is 0.298. The summed E-state index contributed by atoms with van der Waals surface area (Å²) in [4.78, 5) is 31.5. The van der Waals surface area contributed by atoms with E-state index in [-0.39, 0.29) is 37.8 Å². The van der Waals surface area contributed by atoms with Crippen LogP contribution in [0.25, 0.3) is 0 Å². The molecule has 35 heavy (non-hydrogen) atoms. The Hall–Kier alpha value is -2.19. The molecule has 6 nitrogen and oxygen atoms in total. The average molecular weight is 501 g/mol. The molecule has 0 aliphatic carbocycles. The molecule has 0 aromatic heterocycles. The Balaban J connectivity index is 0.00000432. The Morgan fingerprint density at radius 2 is 1.57 bits per heavy atom. The minimum atomic E-state index is -0.553. The van der Waals surface area contributed by atoms with Crippen LogP contribution in [-0.4, -0.2) is 54.2 Å². The maximum absolute atomic E-state index is 12.1. The van der Waals surface area contributed by atoms with Crippen LogP contribution in [0.1, 0.15) is 63.7 Å². The Morgan fingerprint density at radius 1 is 1.00 bits per heavy atom. The number of hydrogen-bond donors (Lipinski definition) is 2. The molecule has 1 aliphatic rings. The van der Waals surface area contributed by atoms with Crippen LogP contribution in [0.5, 0.6) is 0 Å². The minimum Gasteiger partial charge on any atom is -0.370 e. The number of piperidine rings is 1. The largest absolute Gasteiger partial charge is 0.370 e. The summed E-state index contributed by atoms with van der Waals surface area (Å²) >= 11 is 4.17. The second-order valence-electron chi connectivity index (χ2n) is 8.67. The summed E-state index contributed by atoms with van der Waals surface area (Å²) in [5.74, 6) is -0.0496. The van der Waals surface area contributed by atoms with Crippen LogP contribution >= 0.6 is 12.6 Å². The number of ketones is 1. The normalized spacial score (nSPS) is 15.4. The molecule has 192 valence electrons. The van der Waals surface area contributed by atoms with Crippen molar-refractivity contribution in [1.29, 1.82) is 0 Å². The third kappa shape index (κ3) is 9.41. The van der Waals surface area contributed by atoms with E-state index in [4.69, 9.17) is 9.57 Å². The van der Waals surface area contributed by atoms with Crippen LogP contribution in [0.2, 0.25) is 0 Å². The topological polar surface area (TPSA) is 67.9 Å². The van der Waals surface area contributed by atoms with E-state index < -0.39 is 6.04 Å². The molecular formula is C28H40N2O4S. The summed E-state index contributed by atoms with van der Waals surface area (Å²) in [7, 11) is 0. The van der Waals surface area contributed by atoms with Gasteiger partial charge in [0.25, 0.3) is 0 Å². The van der Waals surface area contributed by atoms with Gasteiger partial charge in [-0.2, -0.15) is 12.6 Å². The predicted molar refractivity (Wildman–Crippen MR) is 143 cm³/mol. The van der Waals surface area contributed by atoms with Crippen molar-refractivity contribution >= 4 is 24.4 Å². The van der Waals surface area contributed by atoms with Crippen LogP contribution in [0.3, 0.4) is 0 Å². The van der Waals surface area contributed by atoms with Gasteiger partial charge in [0.1, 0.15) is 12.1 Å². The highest BCUT2D eigenvalue weighted by Gasteiger charge is 2.25. The lowest BCUT2D eigenvalue weighted by molar-refractivity contribution is -0.154. The van der Waals surface area contributed by atoms with Gasteiger partial charge in [0.15, 0.2) is 5.78 Å². The summed E-state index contributed by atoms with van der Waals surface area (Å²) in [5, 5.41) is 0. The van der Waals surface area contributed by atoms with Crippen LogP contribution in [0.4, 0.5) is 0 Å². The number of likely N-dealkylation sites (tertiary alicyclic amines) is 1. The van der Waals surface area contributed by atoms with Crippen LogP contribution in [-0.2, 0) is 19.2 Å². The van der Waals surface area contributed by atoms with Gasteiger partial charge in [-0.1, -0.05) is 75.0 Å². The lowest BCUT2D eigenvalue weighted by Gasteiger charge is -2.34. The third-order valence-corrected chi connectivity index (χ3v) is 6.45. The lowest BCUT2D eigenvalue weighted by Crippen LogP contribution is -2.41. The number of nitrogens with zero attached hydrogens (tertiary/aromatic N) is 1. The van der Waals surface area contributed by atoms with Gasteiger partial charge in [0, 0.05) is 31.8 Å². The summed E-state index contributed by atoms with van der Waals surface area (Å²) in [6.07, 6.45) is 3.38. The van der Waals surface area contributed by atoms with Crippen molar-refractivity contribution in [2.75, 3.05) is 25.4 Å². The second kappa shape index (κ2) is 15.7. The van der Waals surface area contributed by atoms with Crippen molar-refractivity contribution < 1.29 is 19.2 Å². The number of hydroxylamine groups is 1. The standard InChI is InChI=1S/C27H36N2O4S.CH4/c1-2-9-25(30)24(20-34)28-33-26(31)16-19-29-17-14-23(15-18-29)32-27(21-10-5-3-6-11-21)22-12-7-4-8-13-22;/h3-8,10-13,23-24,27-28,34H,2,9,14-20H2,1H3;1H4/t24-;/m0./s1. The van der Waals surface area contributed by atoms with E-state index >= 15 is 0 Å². The van der Waals surface area contributed by atoms with Crippen LogP contribution in [0.15, 0.2) is 60.7 Å². The molecule has 7 heteroatoms. The zero-order valence-corrected chi connectivity index (χ0v) is 20.8. The maximum atomic E-state index is 12.1.